The summed E-state index contributed by atoms with van der Waals surface area (Å²) in [6.07, 6.45) is 0.319. The van der Waals surface area contributed by atoms with Crippen molar-refractivity contribution in [3.05, 3.63) is 95.6 Å². The summed E-state index contributed by atoms with van der Waals surface area (Å²) in [6, 6.07) is 25.4. The van der Waals surface area contributed by atoms with Gasteiger partial charge < -0.3 is 23.8 Å². The second-order valence-corrected chi connectivity index (χ2v) is 8.59. The Labute approximate surface area is 211 Å². The van der Waals surface area contributed by atoms with Crippen molar-refractivity contribution in [1.29, 1.82) is 0 Å². The minimum atomic E-state index is -0.311. The van der Waals surface area contributed by atoms with Crippen LogP contribution in [-0.2, 0) is 31.1 Å². The van der Waals surface area contributed by atoms with Gasteiger partial charge in [0.1, 0.15) is 37.5 Å². The molecule has 0 unspecified atom stereocenters. The first-order valence-corrected chi connectivity index (χ1v) is 12.0. The van der Waals surface area contributed by atoms with Gasteiger partial charge >= 0.3 is 5.97 Å². The summed E-state index contributed by atoms with van der Waals surface area (Å²) in [5.41, 5.74) is 3.43. The lowest BCUT2D eigenvalue weighted by Gasteiger charge is -2.41. The fourth-order valence-corrected chi connectivity index (χ4v) is 4.02. The van der Waals surface area contributed by atoms with E-state index in [-0.39, 0.29) is 11.4 Å². The maximum absolute atomic E-state index is 12.0. The van der Waals surface area contributed by atoms with Crippen LogP contribution >= 0.6 is 0 Å². The molecule has 0 aliphatic carbocycles. The van der Waals surface area contributed by atoms with Crippen LogP contribution in [0.15, 0.2) is 84.0 Å². The van der Waals surface area contributed by atoms with Crippen molar-refractivity contribution in [2.75, 3.05) is 33.5 Å². The van der Waals surface area contributed by atoms with Crippen LogP contribution in [0.1, 0.15) is 30.0 Å². The number of esters is 1. The van der Waals surface area contributed by atoms with E-state index in [0.717, 1.165) is 28.2 Å². The molecule has 1 aliphatic heterocycles. The number of carbonyl (C=O) groups excluding carboxylic acids is 1. The van der Waals surface area contributed by atoms with Crippen LogP contribution in [0.2, 0.25) is 0 Å². The SMILES string of the molecule is CCOC(=O)CC1(c2ccc(OCc3ccc(OCC(=NOC)c4ccccc4)cc3)cc2)COC1. The molecule has 0 aromatic heterocycles. The van der Waals surface area contributed by atoms with E-state index in [2.05, 4.69) is 5.16 Å². The third-order valence-corrected chi connectivity index (χ3v) is 6.02. The van der Waals surface area contributed by atoms with E-state index < -0.39 is 0 Å². The average Bonchev–Trinajstić information content (AvgIpc) is 2.89. The largest absolute Gasteiger partial charge is 0.489 e. The van der Waals surface area contributed by atoms with E-state index >= 15 is 0 Å². The normalized spacial score (nSPS) is 14.4. The molecule has 0 radical (unpaired) electrons. The van der Waals surface area contributed by atoms with Crippen LogP contribution in [0.3, 0.4) is 0 Å². The van der Waals surface area contributed by atoms with E-state index in [1.807, 2.05) is 85.8 Å². The fourth-order valence-electron chi connectivity index (χ4n) is 4.02. The highest BCUT2D eigenvalue weighted by Crippen LogP contribution is 2.37. The smallest absolute Gasteiger partial charge is 0.306 e. The number of ether oxygens (including phenoxy) is 4. The molecule has 4 rings (SSSR count). The lowest BCUT2D eigenvalue weighted by atomic mass is 9.76. The summed E-state index contributed by atoms with van der Waals surface area (Å²) < 4.78 is 22.4. The standard InChI is InChI=1S/C29H31NO6/c1-3-34-28(31)17-29(20-33-21-29)24-11-15-26(16-12-24)35-18-22-9-13-25(14-10-22)36-19-27(30-32-2)23-7-5-4-6-8-23/h4-16H,3,17-21H2,1-2H3. The lowest BCUT2D eigenvalue weighted by Crippen LogP contribution is -2.48. The first-order valence-electron chi connectivity index (χ1n) is 12.0. The van der Waals surface area contributed by atoms with Crippen molar-refractivity contribution in [3.63, 3.8) is 0 Å². The predicted molar refractivity (Wildman–Crippen MR) is 136 cm³/mol. The number of oxime groups is 1. The second-order valence-electron chi connectivity index (χ2n) is 8.59. The highest BCUT2D eigenvalue weighted by atomic mass is 16.6. The number of rotatable bonds is 12. The zero-order chi connectivity index (χ0) is 25.2. The summed E-state index contributed by atoms with van der Waals surface area (Å²) in [4.78, 5) is 17.0. The molecule has 0 atom stereocenters. The first-order chi connectivity index (χ1) is 17.6. The maximum Gasteiger partial charge on any atom is 0.306 e. The van der Waals surface area contributed by atoms with Crippen LogP contribution in [0.4, 0.5) is 0 Å². The van der Waals surface area contributed by atoms with Crippen molar-refractivity contribution in [3.8, 4) is 11.5 Å². The monoisotopic (exact) mass is 489 g/mol. The van der Waals surface area contributed by atoms with Crippen molar-refractivity contribution >= 4 is 11.7 Å². The number of carbonyl (C=O) groups is 1. The molecular weight excluding hydrogens is 458 g/mol. The van der Waals surface area contributed by atoms with E-state index in [0.29, 0.717) is 45.2 Å². The van der Waals surface area contributed by atoms with E-state index in [1.165, 1.54) is 7.11 Å². The molecule has 7 heteroatoms. The van der Waals surface area contributed by atoms with Gasteiger partial charge in [0, 0.05) is 5.56 Å². The van der Waals surface area contributed by atoms with Crippen LogP contribution in [0.25, 0.3) is 0 Å². The Morgan fingerprint density at radius 1 is 0.917 bits per heavy atom. The number of hydrogen-bond acceptors (Lipinski definition) is 7. The van der Waals surface area contributed by atoms with Crippen LogP contribution < -0.4 is 9.47 Å². The van der Waals surface area contributed by atoms with Crippen molar-refractivity contribution < 1.29 is 28.6 Å². The Hall–Kier alpha value is -3.84. The second kappa shape index (κ2) is 12.2. The average molecular weight is 490 g/mol. The molecule has 3 aromatic carbocycles. The van der Waals surface area contributed by atoms with Gasteiger partial charge in [-0.2, -0.15) is 0 Å². The Morgan fingerprint density at radius 3 is 2.19 bits per heavy atom. The minimum absolute atomic E-state index is 0.198. The molecule has 1 saturated heterocycles. The molecule has 1 fully saturated rings. The fraction of sp³-hybridized carbons (Fsp3) is 0.310. The van der Waals surface area contributed by atoms with Gasteiger partial charge in [-0.25, -0.2) is 0 Å². The topological polar surface area (TPSA) is 75.6 Å². The number of hydrogen-bond donors (Lipinski definition) is 0. The third-order valence-electron chi connectivity index (χ3n) is 6.02. The Morgan fingerprint density at radius 2 is 1.58 bits per heavy atom. The van der Waals surface area contributed by atoms with Gasteiger partial charge in [0.15, 0.2) is 0 Å². The molecule has 0 N–H and O–H groups in total. The summed E-state index contributed by atoms with van der Waals surface area (Å²) in [5, 5.41) is 4.08. The maximum atomic E-state index is 12.0. The molecular formula is C29H31NO6. The van der Waals surface area contributed by atoms with Crippen molar-refractivity contribution in [1.82, 2.24) is 0 Å². The lowest BCUT2D eigenvalue weighted by molar-refractivity contribution is -0.151. The van der Waals surface area contributed by atoms with Crippen LogP contribution in [0, 0.1) is 0 Å². The molecule has 1 aliphatic rings. The highest BCUT2D eigenvalue weighted by Gasteiger charge is 2.42. The molecule has 0 bridgehead atoms. The summed E-state index contributed by atoms with van der Waals surface area (Å²) in [5.74, 6) is 1.29. The highest BCUT2D eigenvalue weighted by molar-refractivity contribution is 6.01. The Bertz CT molecular complexity index is 1140. The molecule has 3 aromatic rings. The van der Waals surface area contributed by atoms with Gasteiger partial charge in [0.25, 0.3) is 0 Å². The van der Waals surface area contributed by atoms with Gasteiger partial charge in [0.2, 0.25) is 0 Å². The molecule has 0 spiro atoms. The summed E-state index contributed by atoms with van der Waals surface area (Å²) >= 11 is 0. The summed E-state index contributed by atoms with van der Waals surface area (Å²) in [6.45, 7) is 3.95. The molecule has 0 saturated carbocycles. The van der Waals surface area contributed by atoms with Gasteiger partial charge in [-0.05, 0) is 42.3 Å². The zero-order valence-corrected chi connectivity index (χ0v) is 20.6. The van der Waals surface area contributed by atoms with Crippen molar-refractivity contribution in [2.24, 2.45) is 5.16 Å². The first kappa shape index (κ1) is 25.3. The van der Waals surface area contributed by atoms with E-state index in [9.17, 15) is 4.79 Å². The molecule has 1 heterocycles. The van der Waals surface area contributed by atoms with Crippen LogP contribution in [0.5, 0.6) is 11.5 Å². The van der Waals surface area contributed by atoms with Crippen molar-refractivity contribution in [2.45, 2.75) is 25.4 Å². The summed E-state index contributed by atoms with van der Waals surface area (Å²) in [7, 11) is 1.52. The number of nitrogens with zero attached hydrogens (tertiary/aromatic N) is 1. The van der Waals surface area contributed by atoms with Crippen LogP contribution in [-0.4, -0.2) is 45.2 Å². The molecule has 7 nitrogen and oxygen atoms in total. The van der Waals surface area contributed by atoms with Gasteiger partial charge in [0.05, 0.1) is 31.7 Å². The predicted octanol–water partition coefficient (Wildman–Crippen LogP) is 4.92. The Balaban J connectivity index is 1.29. The minimum Gasteiger partial charge on any atom is -0.489 e. The van der Waals surface area contributed by atoms with E-state index in [1.54, 1.807) is 0 Å². The van der Waals surface area contributed by atoms with Gasteiger partial charge in [-0.3, -0.25) is 4.79 Å². The van der Waals surface area contributed by atoms with E-state index in [4.69, 9.17) is 23.8 Å². The molecule has 188 valence electrons. The number of benzene rings is 3. The molecule has 36 heavy (non-hydrogen) atoms. The van der Waals surface area contributed by atoms with Gasteiger partial charge in [-0.15, -0.1) is 0 Å². The van der Waals surface area contributed by atoms with Gasteiger partial charge in [-0.1, -0.05) is 59.8 Å². The zero-order valence-electron chi connectivity index (χ0n) is 20.6. The quantitative estimate of drug-likeness (QED) is 0.204. The third kappa shape index (κ3) is 6.43. The molecule has 0 amide bonds. The Kier molecular flexibility index (Phi) is 8.57.